The van der Waals surface area contributed by atoms with Crippen molar-refractivity contribution in [1.82, 2.24) is 4.98 Å². The average molecular weight is 404 g/mol. The lowest BCUT2D eigenvalue weighted by atomic mass is 10.0. The van der Waals surface area contributed by atoms with Gasteiger partial charge in [-0.2, -0.15) is 0 Å². The van der Waals surface area contributed by atoms with E-state index in [9.17, 15) is 19.8 Å². The van der Waals surface area contributed by atoms with Crippen molar-refractivity contribution in [3.05, 3.63) is 36.0 Å². The number of aliphatic hydroxyl groups excluding tert-OH is 1. The molecule has 3 rings (SSSR count). The molecule has 8 heteroatoms. The van der Waals surface area contributed by atoms with Gasteiger partial charge < -0.3 is 34.2 Å². The first-order chi connectivity index (χ1) is 13.8. The van der Waals surface area contributed by atoms with Crippen LogP contribution in [0.1, 0.15) is 49.9 Å². The summed E-state index contributed by atoms with van der Waals surface area (Å²) in [6.07, 6.45) is -0.491. The number of carboxylic acids is 1. The van der Waals surface area contributed by atoms with Crippen LogP contribution in [0, 0.1) is 0 Å². The number of aromatic amines is 1. The van der Waals surface area contributed by atoms with Crippen LogP contribution in [-0.2, 0) is 19.0 Å². The summed E-state index contributed by atoms with van der Waals surface area (Å²) in [5, 5.41) is 21.6. The summed E-state index contributed by atoms with van der Waals surface area (Å²) in [5.41, 5.74) is 1.27. The number of carbonyl (C=O) groups is 2. The largest absolute Gasteiger partial charge is 0.550 e. The standard InChI is InChI=1S/C21H27NO7/c1-12(6-5-9-19(24)25)27-21-17(23)10-18(13(2)28-21)29-20(26)15-11-22-16-8-4-3-7-14(15)16/h3-4,7-8,11-13,17-18,21-23H,5-6,9-10H2,1-2H3,(H,24,25)/p-1/t12-,13+,17-,18-,21-/m1/s1. The van der Waals surface area contributed by atoms with E-state index in [-0.39, 0.29) is 18.9 Å². The third kappa shape index (κ3) is 5.35. The summed E-state index contributed by atoms with van der Waals surface area (Å²) in [5.74, 6) is -1.58. The second-order valence-corrected chi connectivity index (χ2v) is 7.42. The molecule has 0 spiro atoms. The first kappa shape index (κ1) is 21.3. The summed E-state index contributed by atoms with van der Waals surface area (Å²) in [4.78, 5) is 26.1. The number of hydrogen-bond acceptors (Lipinski definition) is 7. The predicted octanol–water partition coefficient (Wildman–Crippen LogP) is 1.51. The van der Waals surface area contributed by atoms with E-state index in [1.54, 1.807) is 20.0 Å². The number of carbonyl (C=O) groups excluding carboxylic acids is 2. The molecule has 0 radical (unpaired) electrons. The van der Waals surface area contributed by atoms with Gasteiger partial charge in [-0.3, -0.25) is 0 Å². The summed E-state index contributed by atoms with van der Waals surface area (Å²) in [6, 6.07) is 7.43. The van der Waals surface area contributed by atoms with Crippen LogP contribution in [0.15, 0.2) is 30.5 Å². The molecule has 0 bridgehead atoms. The molecular formula is C21H26NO7-. The molecule has 1 aliphatic rings. The number of benzene rings is 1. The Morgan fingerprint density at radius 1 is 1.38 bits per heavy atom. The number of nitrogens with one attached hydrogen (secondary N) is 1. The number of H-pyrrole nitrogens is 1. The minimum Gasteiger partial charge on any atom is -0.550 e. The van der Waals surface area contributed by atoms with Crippen molar-refractivity contribution in [1.29, 1.82) is 0 Å². The molecule has 1 aromatic heterocycles. The van der Waals surface area contributed by atoms with Crippen molar-refractivity contribution in [2.75, 3.05) is 0 Å². The number of hydrogen-bond donors (Lipinski definition) is 2. The van der Waals surface area contributed by atoms with Crippen molar-refractivity contribution in [3.8, 4) is 0 Å². The van der Waals surface area contributed by atoms with Gasteiger partial charge >= 0.3 is 5.97 Å². The Kier molecular flexibility index (Phi) is 6.89. The predicted molar refractivity (Wildman–Crippen MR) is 102 cm³/mol. The maximum atomic E-state index is 12.6. The van der Waals surface area contributed by atoms with Crippen LogP contribution in [0.4, 0.5) is 0 Å². The number of aromatic nitrogens is 1. The molecule has 0 amide bonds. The van der Waals surface area contributed by atoms with Gasteiger partial charge in [0.25, 0.3) is 0 Å². The first-order valence-electron chi connectivity index (χ1n) is 9.81. The van der Waals surface area contributed by atoms with Crippen molar-refractivity contribution >= 4 is 22.8 Å². The SMILES string of the molecule is C[C@H](CCCC(=O)[O-])O[C@@H]1O[C@@H](C)[C@H](OC(=O)c2c[nH]c3ccccc23)C[C@H]1O. The molecule has 0 unspecified atom stereocenters. The highest BCUT2D eigenvalue weighted by atomic mass is 16.7. The fraction of sp³-hybridized carbons (Fsp3) is 0.524. The number of aliphatic hydroxyl groups is 1. The van der Waals surface area contributed by atoms with Gasteiger partial charge in [0, 0.05) is 29.5 Å². The Morgan fingerprint density at radius 2 is 2.14 bits per heavy atom. The molecule has 2 N–H and O–H groups in total. The van der Waals surface area contributed by atoms with Gasteiger partial charge in [0.1, 0.15) is 12.2 Å². The number of esters is 1. The third-order valence-electron chi connectivity index (χ3n) is 5.09. The lowest BCUT2D eigenvalue weighted by molar-refractivity contribution is -0.306. The highest BCUT2D eigenvalue weighted by molar-refractivity contribution is 6.04. The van der Waals surface area contributed by atoms with E-state index in [1.165, 1.54) is 0 Å². The number of rotatable bonds is 8. The average Bonchev–Trinajstić information content (AvgIpc) is 3.09. The minimum atomic E-state index is -1.10. The summed E-state index contributed by atoms with van der Waals surface area (Å²) < 4.78 is 17.0. The third-order valence-corrected chi connectivity index (χ3v) is 5.09. The molecule has 5 atom stereocenters. The van der Waals surface area contributed by atoms with Gasteiger partial charge in [0.15, 0.2) is 6.29 Å². The Bertz CT molecular complexity index is 848. The topological polar surface area (TPSA) is 121 Å². The molecule has 2 heterocycles. The van der Waals surface area contributed by atoms with Gasteiger partial charge in [-0.15, -0.1) is 0 Å². The number of carboxylic acid groups (broad SMARTS) is 1. The molecular weight excluding hydrogens is 378 g/mol. The highest BCUT2D eigenvalue weighted by Gasteiger charge is 2.38. The minimum absolute atomic E-state index is 0.0377. The van der Waals surface area contributed by atoms with E-state index in [0.717, 1.165) is 10.9 Å². The van der Waals surface area contributed by atoms with Crippen molar-refractivity contribution in [2.45, 2.75) is 70.2 Å². The normalized spacial score (nSPS) is 25.6. The van der Waals surface area contributed by atoms with Crippen molar-refractivity contribution < 1.29 is 34.0 Å². The summed E-state index contributed by atoms with van der Waals surface area (Å²) in [7, 11) is 0. The van der Waals surface area contributed by atoms with Crippen LogP contribution in [0.3, 0.4) is 0 Å². The molecule has 0 saturated carbocycles. The Hall–Kier alpha value is -2.42. The molecule has 2 aromatic rings. The van der Waals surface area contributed by atoms with Gasteiger partial charge in [-0.1, -0.05) is 18.2 Å². The van der Waals surface area contributed by atoms with E-state index in [1.807, 2.05) is 24.3 Å². The van der Waals surface area contributed by atoms with E-state index in [2.05, 4.69) is 4.98 Å². The second-order valence-electron chi connectivity index (χ2n) is 7.42. The van der Waals surface area contributed by atoms with E-state index >= 15 is 0 Å². The lowest BCUT2D eigenvalue weighted by Crippen LogP contribution is -2.49. The molecule has 0 aliphatic carbocycles. The molecule has 1 aliphatic heterocycles. The zero-order valence-electron chi connectivity index (χ0n) is 16.5. The molecule has 29 heavy (non-hydrogen) atoms. The van der Waals surface area contributed by atoms with Crippen LogP contribution in [-0.4, -0.2) is 52.7 Å². The first-order valence-corrected chi connectivity index (χ1v) is 9.81. The molecule has 1 saturated heterocycles. The fourth-order valence-electron chi connectivity index (χ4n) is 3.47. The summed E-state index contributed by atoms with van der Waals surface area (Å²) in [6.45, 7) is 3.55. The molecule has 158 valence electrons. The molecule has 1 aromatic carbocycles. The maximum absolute atomic E-state index is 12.6. The fourth-order valence-corrected chi connectivity index (χ4v) is 3.47. The Morgan fingerprint density at radius 3 is 2.90 bits per heavy atom. The number of fused-ring (bicyclic) bond motifs is 1. The van der Waals surface area contributed by atoms with Crippen LogP contribution in [0.25, 0.3) is 10.9 Å². The monoisotopic (exact) mass is 404 g/mol. The maximum Gasteiger partial charge on any atom is 0.340 e. The molecule has 1 fully saturated rings. The van der Waals surface area contributed by atoms with Crippen LogP contribution in [0.5, 0.6) is 0 Å². The Labute approximate surface area is 168 Å². The van der Waals surface area contributed by atoms with Gasteiger partial charge in [-0.05, 0) is 39.2 Å². The Balaban J connectivity index is 1.54. The van der Waals surface area contributed by atoms with Crippen LogP contribution >= 0.6 is 0 Å². The van der Waals surface area contributed by atoms with E-state index in [0.29, 0.717) is 18.4 Å². The number of aliphatic carboxylic acids is 1. The zero-order valence-corrected chi connectivity index (χ0v) is 16.5. The lowest BCUT2D eigenvalue weighted by Gasteiger charge is -2.38. The smallest absolute Gasteiger partial charge is 0.340 e. The zero-order chi connectivity index (χ0) is 21.0. The quantitative estimate of drug-likeness (QED) is 0.640. The van der Waals surface area contributed by atoms with Crippen molar-refractivity contribution in [2.24, 2.45) is 0 Å². The van der Waals surface area contributed by atoms with Crippen LogP contribution in [0.2, 0.25) is 0 Å². The number of para-hydroxylation sites is 1. The van der Waals surface area contributed by atoms with Gasteiger partial charge in [0.2, 0.25) is 0 Å². The summed E-state index contributed by atoms with van der Waals surface area (Å²) >= 11 is 0. The van der Waals surface area contributed by atoms with Crippen molar-refractivity contribution in [3.63, 3.8) is 0 Å². The van der Waals surface area contributed by atoms with Gasteiger partial charge in [-0.25, -0.2) is 4.79 Å². The van der Waals surface area contributed by atoms with Gasteiger partial charge in [0.05, 0.1) is 17.8 Å². The van der Waals surface area contributed by atoms with Crippen LogP contribution < -0.4 is 5.11 Å². The highest BCUT2D eigenvalue weighted by Crippen LogP contribution is 2.27. The number of ether oxygens (including phenoxy) is 3. The van der Waals surface area contributed by atoms with E-state index in [4.69, 9.17) is 14.2 Å². The molecule has 8 nitrogen and oxygen atoms in total. The van der Waals surface area contributed by atoms with E-state index < -0.39 is 36.5 Å². The second kappa shape index (κ2) is 9.39.